The number of amides is 1. The summed E-state index contributed by atoms with van der Waals surface area (Å²) in [6.45, 7) is 0.283. The van der Waals surface area contributed by atoms with E-state index in [2.05, 4.69) is 5.32 Å². The number of carbonyl (C=O) groups is 2. The summed E-state index contributed by atoms with van der Waals surface area (Å²) in [6.07, 6.45) is 0.982. The van der Waals surface area contributed by atoms with Crippen LogP contribution in [0.1, 0.15) is 29.6 Å². The van der Waals surface area contributed by atoms with Gasteiger partial charge in [0.1, 0.15) is 5.02 Å². The maximum absolute atomic E-state index is 11.8. The molecule has 0 spiro atoms. The lowest BCUT2D eigenvalue weighted by Crippen LogP contribution is -2.25. The fourth-order valence-corrected chi connectivity index (χ4v) is 1.82. The fourth-order valence-electron chi connectivity index (χ4n) is 1.53. The van der Waals surface area contributed by atoms with E-state index in [0.29, 0.717) is 12.8 Å². The topological polar surface area (TPSA) is 110 Å². The number of hydrogen-bond acceptors (Lipinski definition) is 4. The zero-order valence-corrected chi connectivity index (χ0v) is 11.2. The molecular weight excluding hydrogens is 288 g/mol. The molecule has 1 rings (SSSR count). The first-order valence-electron chi connectivity index (χ1n) is 5.86. The number of unbranched alkanes of at least 4 members (excludes halogenated alkanes) is 1. The first kappa shape index (κ1) is 15.9. The van der Waals surface area contributed by atoms with Crippen LogP contribution in [0.25, 0.3) is 0 Å². The van der Waals surface area contributed by atoms with Crippen molar-refractivity contribution in [1.29, 1.82) is 0 Å². The Morgan fingerprint density at radius 1 is 1.35 bits per heavy atom. The van der Waals surface area contributed by atoms with Crippen molar-refractivity contribution in [2.45, 2.75) is 19.3 Å². The Labute approximate surface area is 119 Å². The maximum Gasteiger partial charge on any atom is 0.303 e. The molecule has 0 saturated carbocycles. The van der Waals surface area contributed by atoms with Crippen molar-refractivity contribution < 1.29 is 19.6 Å². The number of nitrogens with zero attached hydrogens (tertiary/aromatic N) is 1. The summed E-state index contributed by atoms with van der Waals surface area (Å²) in [5.41, 5.74) is -0.302. The second-order valence-electron chi connectivity index (χ2n) is 4.00. The van der Waals surface area contributed by atoms with Crippen LogP contribution in [0.15, 0.2) is 18.2 Å². The van der Waals surface area contributed by atoms with Crippen molar-refractivity contribution in [3.63, 3.8) is 0 Å². The van der Waals surface area contributed by atoms with Crippen molar-refractivity contribution in [3.8, 4) is 0 Å². The van der Waals surface area contributed by atoms with Crippen LogP contribution in [0.3, 0.4) is 0 Å². The molecule has 7 nitrogen and oxygen atoms in total. The number of benzene rings is 1. The van der Waals surface area contributed by atoms with Gasteiger partial charge in [0.05, 0.1) is 10.5 Å². The van der Waals surface area contributed by atoms with Crippen LogP contribution in [0.5, 0.6) is 0 Å². The van der Waals surface area contributed by atoms with Gasteiger partial charge in [0.2, 0.25) is 0 Å². The van der Waals surface area contributed by atoms with E-state index in [9.17, 15) is 19.7 Å². The summed E-state index contributed by atoms with van der Waals surface area (Å²) in [6, 6.07) is 3.98. The van der Waals surface area contributed by atoms with Crippen LogP contribution in [-0.4, -0.2) is 28.5 Å². The predicted molar refractivity (Wildman–Crippen MR) is 71.9 cm³/mol. The first-order chi connectivity index (χ1) is 9.43. The minimum absolute atomic E-state index is 0.0269. The number of nitro groups is 1. The predicted octanol–water partition coefficient (Wildman–Crippen LogP) is 2.23. The number of carbonyl (C=O) groups excluding carboxylic acids is 1. The van der Waals surface area contributed by atoms with E-state index in [1.165, 1.54) is 18.2 Å². The van der Waals surface area contributed by atoms with E-state index >= 15 is 0 Å². The van der Waals surface area contributed by atoms with Crippen LogP contribution in [0, 0.1) is 10.1 Å². The molecular formula is C12H13ClN2O5. The monoisotopic (exact) mass is 300 g/mol. The lowest BCUT2D eigenvalue weighted by molar-refractivity contribution is -0.384. The zero-order valence-electron chi connectivity index (χ0n) is 10.5. The van der Waals surface area contributed by atoms with Gasteiger partial charge >= 0.3 is 5.97 Å². The zero-order chi connectivity index (χ0) is 15.1. The van der Waals surface area contributed by atoms with Gasteiger partial charge in [0.25, 0.3) is 11.6 Å². The van der Waals surface area contributed by atoms with Crippen molar-refractivity contribution in [3.05, 3.63) is 38.9 Å². The highest BCUT2D eigenvalue weighted by Gasteiger charge is 2.19. The SMILES string of the molecule is O=C(O)CCCCNC(=O)c1cccc([N+](=O)[O-])c1Cl. The highest BCUT2D eigenvalue weighted by Crippen LogP contribution is 2.27. The third-order valence-corrected chi connectivity index (χ3v) is 2.92. The Bertz CT molecular complexity index is 533. The number of halogens is 1. The number of nitrogens with one attached hydrogen (secondary N) is 1. The molecule has 0 radical (unpaired) electrons. The standard InChI is InChI=1S/C12H13ClN2O5/c13-11-8(4-3-5-9(11)15(19)20)12(18)14-7-2-1-6-10(16)17/h3-5H,1-2,6-7H2,(H,14,18)(H,16,17). The molecule has 0 bridgehead atoms. The molecule has 1 amide bonds. The van der Waals surface area contributed by atoms with E-state index in [4.69, 9.17) is 16.7 Å². The molecule has 8 heteroatoms. The molecule has 1 aromatic rings. The Kier molecular flexibility index (Phi) is 5.92. The molecule has 0 unspecified atom stereocenters. The Hall–Kier alpha value is -2.15. The van der Waals surface area contributed by atoms with Crippen molar-refractivity contribution in [1.82, 2.24) is 5.32 Å². The largest absolute Gasteiger partial charge is 0.481 e. The van der Waals surface area contributed by atoms with Gasteiger partial charge in [-0.3, -0.25) is 19.7 Å². The number of carboxylic acid groups (broad SMARTS) is 1. The highest BCUT2D eigenvalue weighted by atomic mass is 35.5. The summed E-state index contributed by atoms with van der Waals surface area (Å²) in [5, 5.41) is 21.5. The summed E-state index contributed by atoms with van der Waals surface area (Å²) in [7, 11) is 0. The minimum atomic E-state index is -0.891. The average molecular weight is 301 g/mol. The molecule has 0 aliphatic heterocycles. The first-order valence-corrected chi connectivity index (χ1v) is 6.24. The molecule has 20 heavy (non-hydrogen) atoms. The van der Waals surface area contributed by atoms with Crippen LogP contribution in [0.4, 0.5) is 5.69 Å². The Morgan fingerprint density at radius 3 is 2.65 bits per heavy atom. The number of rotatable bonds is 7. The lowest BCUT2D eigenvalue weighted by Gasteiger charge is -2.06. The number of nitro benzene ring substituents is 1. The van der Waals surface area contributed by atoms with E-state index in [1.54, 1.807) is 0 Å². The molecule has 2 N–H and O–H groups in total. The smallest absolute Gasteiger partial charge is 0.303 e. The molecule has 0 atom stereocenters. The molecule has 0 aliphatic carbocycles. The van der Waals surface area contributed by atoms with Gasteiger partial charge in [-0.15, -0.1) is 0 Å². The van der Waals surface area contributed by atoms with E-state index in [-0.39, 0.29) is 29.2 Å². The summed E-state index contributed by atoms with van der Waals surface area (Å²) >= 11 is 5.80. The van der Waals surface area contributed by atoms with Gasteiger partial charge in [0, 0.05) is 19.0 Å². The third kappa shape index (κ3) is 4.51. The summed E-state index contributed by atoms with van der Waals surface area (Å²) in [5.74, 6) is -1.41. The lowest BCUT2D eigenvalue weighted by atomic mass is 10.2. The maximum atomic E-state index is 11.8. The number of hydrogen-bond donors (Lipinski definition) is 2. The normalized spacial score (nSPS) is 10.1. The van der Waals surface area contributed by atoms with Crippen molar-refractivity contribution in [2.75, 3.05) is 6.54 Å². The van der Waals surface area contributed by atoms with Gasteiger partial charge < -0.3 is 10.4 Å². The van der Waals surface area contributed by atoms with Crippen LogP contribution in [0.2, 0.25) is 5.02 Å². The quantitative estimate of drug-likeness (QED) is 0.456. The molecule has 0 heterocycles. The number of carboxylic acids is 1. The molecule has 0 aromatic heterocycles. The highest BCUT2D eigenvalue weighted by molar-refractivity contribution is 6.35. The Balaban J connectivity index is 2.58. The van der Waals surface area contributed by atoms with Crippen LogP contribution >= 0.6 is 11.6 Å². The van der Waals surface area contributed by atoms with Gasteiger partial charge in [-0.2, -0.15) is 0 Å². The summed E-state index contributed by atoms with van der Waals surface area (Å²) < 4.78 is 0. The molecule has 0 saturated heterocycles. The molecule has 1 aromatic carbocycles. The van der Waals surface area contributed by atoms with Crippen LogP contribution in [-0.2, 0) is 4.79 Å². The Morgan fingerprint density at radius 2 is 2.05 bits per heavy atom. The van der Waals surface area contributed by atoms with Crippen molar-refractivity contribution >= 4 is 29.2 Å². The van der Waals surface area contributed by atoms with Crippen molar-refractivity contribution in [2.24, 2.45) is 0 Å². The summed E-state index contributed by atoms with van der Waals surface area (Å²) in [4.78, 5) is 32.1. The van der Waals surface area contributed by atoms with Gasteiger partial charge in [0.15, 0.2) is 0 Å². The number of aliphatic carboxylic acids is 1. The second-order valence-corrected chi connectivity index (χ2v) is 4.38. The fraction of sp³-hybridized carbons (Fsp3) is 0.333. The van der Waals surface area contributed by atoms with E-state index < -0.39 is 16.8 Å². The molecule has 0 fully saturated rings. The van der Waals surface area contributed by atoms with Gasteiger partial charge in [-0.1, -0.05) is 17.7 Å². The molecule has 108 valence electrons. The van der Waals surface area contributed by atoms with E-state index in [0.717, 1.165) is 0 Å². The van der Waals surface area contributed by atoms with Gasteiger partial charge in [-0.25, -0.2) is 0 Å². The molecule has 0 aliphatic rings. The second kappa shape index (κ2) is 7.44. The third-order valence-electron chi connectivity index (χ3n) is 2.52. The average Bonchev–Trinajstić information content (AvgIpc) is 2.37. The minimum Gasteiger partial charge on any atom is -0.481 e. The van der Waals surface area contributed by atoms with Crippen LogP contribution < -0.4 is 5.32 Å². The van der Waals surface area contributed by atoms with Gasteiger partial charge in [-0.05, 0) is 18.9 Å². The van der Waals surface area contributed by atoms with E-state index in [1.807, 2.05) is 0 Å².